The number of para-hydroxylation sites is 2. The zero-order valence-corrected chi connectivity index (χ0v) is 17.0. The zero-order valence-electron chi connectivity index (χ0n) is 17.0. The van der Waals surface area contributed by atoms with Crippen molar-refractivity contribution in [3.05, 3.63) is 66.4 Å². The van der Waals surface area contributed by atoms with Gasteiger partial charge in [-0.15, -0.1) is 0 Å². The lowest BCUT2D eigenvalue weighted by Gasteiger charge is -2.28. The first-order valence-corrected chi connectivity index (χ1v) is 9.99. The average Bonchev–Trinajstić information content (AvgIpc) is 3.25. The number of fused-ring (bicyclic) bond motifs is 1. The molecule has 7 nitrogen and oxygen atoms in total. The minimum Gasteiger partial charge on any atom is -0.361 e. The van der Waals surface area contributed by atoms with Crippen molar-refractivity contribution in [2.45, 2.75) is 32.4 Å². The highest BCUT2D eigenvalue weighted by Crippen LogP contribution is 2.22. The van der Waals surface area contributed by atoms with Crippen LogP contribution in [0.2, 0.25) is 0 Å². The quantitative estimate of drug-likeness (QED) is 0.619. The molecule has 0 unspecified atom stereocenters. The van der Waals surface area contributed by atoms with Gasteiger partial charge < -0.3 is 15.2 Å². The number of rotatable bonds is 6. The second kappa shape index (κ2) is 8.02. The van der Waals surface area contributed by atoms with Crippen LogP contribution in [0.5, 0.6) is 0 Å². The number of benzene rings is 2. The van der Waals surface area contributed by atoms with E-state index in [2.05, 4.69) is 10.3 Å². The van der Waals surface area contributed by atoms with Crippen molar-refractivity contribution in [3.63, 3.8) is 0 Å². The van der Waals surface area contributed by atoms with Crippen LogP contribution in [0.4, 0.5) is 10.5 Å². The lowest BCUT2D eigenvalue weighted by molar-refractivity contribution is -0.131. The molecule has 1 aliphatic rings. The summed E-state index contributed by atoms with van der Waals surface area (Å²) in [5, 5.41) is 3.74. The van der Waals surface area contributed by atoms with Gasteiger partial charge in [0.05, 0.1) is 0 Å². The van der Waals surface area contributed by atoms with E-state index in [1.54, 1.807) is 4.90 Å². The largest absolute Gasteiger partial charge is 0.361 e. The monoisotopic (exact) mass is 404 g/mol. The number of aromatic amines is 1. The summed E-state index contributed by atoms with van der Waals surface area (Å²) in [7, 11) is 0. The number of nitrogens with one attached hydrogen (secondary N) is 2. The van der Waals surface area contributed by atoms with Crippen LogP contribution >= 0.6 is 0 Å². The Balaban J connectivity index is 1.49. The lowest BCUT2D eigenvalue weighted by atomic mass is 10.1. The summed E-state index contributed by atoms with van der Waals surface area (Å²) < 4.78 is 0. The molecule has 7 heteroatoms. The van der Waals surface area contributed by atoms with Crippen molar-refractivity contribution in [2.75, 3.05) is 11.4 Å². The molecule has 1 atom stereocenters. The molecule has 3 aromatic rings. The minimum absolute atomic E-state index is 0.109. The van der Waals surface area contributed by atoms with E-state index in [0.717, 1.165) is 27.1 Å². The van der Waals surface area contributed by atoms with Gasteiger partial charge in [0.2, 0.25) is 5.91 Å². The molecule has 2 aromatic carbocycles. The standard InChI is InChI=1S/C23H24N4O3/c1-15(2)27(17-8-4-3-5-9-17)21(28)14-26-22(29)20(25-23(26)30)12-16-13-24-19-11-7-6-10-18(16)19/h3-11,13,15,20,24H,12,14H2,1-2H3,(H,25,30)/t20-/m0/s1. The third kappa shape index (κ3) is 3.66. The van der Waals surface area contributed by atoms with Gasteiger partial charge in [0.25, 0.3) is 5.91 Å². The first-order valence-electron chi connectivity index (χ1n) is 9.99. The van der Waals surface area contributed by atoms with Gasteiger partial charge in [0, 0.05) is 35.2 Å². The molecule has 1 fully saturated rings. The van der Waals surface area contributed by atoms with E-state index in [9.17, 15) is 14.4 Å². The maximum atomic E-state index is 13.0. The molecular weight excluding hydrogens is 380 g/mol. The van der Waals surface area contributed by atoms with Crippen molar-refractivity contribution in [1.29, 1.82) is 0 Å². The van der Waals surface area contributed by atoms with Crippen LogP contribution < -0.4 is 10.2 Å². The molecule has 1 aromatic heterocycles. The minimum atomic E-state index is -0.686. The molecule has 1 saturated heterocycles. The Morgan fingerprint density at radius 1 is 1.07 bits per heavy atom. The second-order valence-corrected chi connectivity index (χ2v) is 7.68. The Bertz CT molecular complexity index is 1090. The van der Waals surface area contributed by atoms with Crippen LogP contribution in [0.15, 0.2) is 60.8 Å². The van der Waals surface area contributed by atoms with E-state index in [1.807, 2.05) is 74.6 Å². The number of hydrogen-bond acceptors (Lipinski definition) is 3. The average molecular weight is 404 g/mol. The highest BCUT2D eigenvalue weighted by molar-refractivity contribution is 6.08. The van der Waals surface area contributed by atoms with Gasteiger partial charge in [-0.2, -0.15) is 0 Å². The molecule has 154 valence electrons. The summed E-state index contributed by atoms with van der Waals surface area (Å²) in [5.41, 5.74) is 2.66. The molecule has 2 heterocycles. The highest BCUT2D eigenvalue weighted by Gasteiger charge is 2.40. The maximum absolute atomic E-state index is 13.0. The van der Waals surface area contributed by atoms with E-state index in [-0.39, 0.29) is 24.4 Å². The number of urea groups is 1. The van der Waals surface area contributed by atoms with Crippen LogP contribution in [0.1, 0.15) is 19.4 Å². The Hall–Kier alpha value is -3.61. The second-order valence-electron chi connectivity index (χ2n) is 7.68. The fourth-order valence-corrected chi connectivity index (χ4v) is 3.92. The molecule has 0 bridgehead atoms. The van der Waals surface area contributed by atoms with Gasteiger partial charge in [-0.1, -0.05) is 36.4 Å². The van der Waals surface area contributed by atoms with Crippen molar-refractivity contribution in [1.82, 2.24) is 15.2 Å². The van der Waals surface area contributed by atoms with E-state index >= 15 is 0 Å². The van der Waals surface area contributed by atoms with Crippen LogP contribution in [0, 0.1) is 0 Å². The smallest absolute Gasteiger partial charge is 0.325 e. The van der Waals surface area contributed by atoms with Gasteiger partial charge in [-0.3, -0.25) is 14.5 Å². The number of amides is 4. The summed E-state index contributed by atoms with van der Waals surface area (Å²) in [6.07, 6.45) is 2.22. The fourth-order valence-electron chi connectivity index (χ4n) is 3.92. The molecule has 1 aliphatic heterocycles. The van der Waals surface area contributed by atoms with Gasteiger partial charge in [-0.25, -0.2) is 4.79 Å². The molecule has 4 amide bonds. The van der Waals surface area contributed by atoms with E-state index < -0.39 is 12.1 Å². The van der Waals surface area contributed by atoms with Gasteiger partial charge in [0.1, 0.15) is 12.6 Å². The van der Waals surface area contributed by atoms with Gasteiger partial charge in [-0.05, 0) is 37.6 Å². The highest BCUT2D eigenvalue weighted by atomic mass is 16.2. The van der Waals surface area contributed by atoms with E-state index in [1.165, 1.54) is 0 Å². The molecule has 30 heavy (non-hydrogen) atoms. The number of nitrogens with zero attached hydrogens (tertiary/aromatic N) is 2. The number of imide groups is 1. The van der Waals surface area contributed by atoms with Crippen molar-refractivity contribution < 1.29 is 14.4 Å². The van der Waals surface area contributed by atoms with Crippen LogP contribution in [-0.4, -0.2) is 46.4 Å². The number of H-pyrrole nitrogens is 1. The molecule has 0 spiro atoms. The number of carbonyl (C=O) groups is 3. The Morgan fingerprint density at radius 2 is 1.77 bits per heavy atom. The number of hydrogen-bond donors (Lipinski definition) is 2. The summed E-state index contributed by atoms with van der Waals surface area (Å²) in [4.78, 5) is 44.1. The molecule has 0 radical (unpaired) electrons. The van der Waals surface area contributed by atoms with Crippen LogP contribution in [0.3, 0.4) is 0 Å². The van der Waals surface area contributed by atoms with Gasteiger partial charge >= 0.3 is 6.03 Å². The third-order valence-corrected chi connectivity index (χ3v) is 5.32. The van der Waals surface area contributed by atoms with Crippen molar-refractivity contribution in [2.24, 2.45) is 0 Å². The maximum Gasteiger partial charge on any atom is 0.325 e. The SMILES string of the molecule is CC(C)N(C(=O)CN1C(=O)N[C@@H](Cc2c[nH]c3ccccc23)C1=O)c1ccccc1. The predicted molar refractivity (Wildman–Crippen MR) is 115 cm³/mol. The van der Waals surface area contributed by atoms with E-state index in [4.69, 9.17) is 0 Å². The fraction of sp³-hybridized carbons (Fsp3) is 0.261. The predicted octanol–water partition coefficient (Wildman–Crippen LogP) is 3.07. The Labute approximate surface area is 174 Å². The summed E-state index contributed by atoms with van der Waals surface area (Å²) >= 11 is 0. The summed E-state index contributed by atoms with van der Waals surface area (Å²) in [6.45, 7) is 3.51. The lowest BCUT2D eigenvalue weighted by Crippen LogP contribution is -2.46. The summed E-state index contributed by atoms with van der Waals surface area (Å²) in [5.74, 6) is -0.678. The van der Waals surface area contributed by atoms with Crippen molar-refractivity contribution in [3.8, 4) is 0 Å². The molecule has 0 aliphatic carbocycles. The number of aromatic nitrogens is 1. The first-order chi connectivity index (χ1) is 14.5. The Morgan fingerprint density at radius 3 is 2.50 bits per heavy atom. The topological polar surface area (TPSA) is 85.5 Å². The molecular formula is C23H24N4O3. The van der Waals surface area contributed by atoms with E-state index in [0.29, 0.717) is 6.42 Å². The normalized spacial score (nSPS) is 16.4. The molecule has 4 rings (SSSR count). The third-order valence-electron chi connectivity index (χ3n) is 5.32. The number of anilines is 1. The van der Waals surface area contributed by atoms with Crippen LogP contribution in [0.25, 0.3) is 10.9 Å². The summed E-state index contributed by atoms with van der Waals surface area (Å²) in [6, 6.07) is 15.7. The first kappa shape index (κ1) is 19.7. The van der Waals surface area contributed by atoms with Crippen molar-refractivity contribution >= 4 is 34.4 Å². The van der Waals surface area contributed by atoms with Crippen LogP contribution in [-0.2, 0) is 16.0 Å². The van der Waals surface area contributed by atoms with Gasteiger partial charge in [0.15, 0.2) is 0 Å². The Kier molecular flexibility index (Phi) is 5.27. The number of carbonyl (C=O) groups excluding carboxylic acids is 3. The zero-order chi connectivity index (χ0) is 21.3. The molecule has 2 N–H and O–H groups in total. The molecule has 0 saturated carbocycles.